The average Bonchev–Trinajstić information content (AvgIpc) is 3.17. The fourth-order valence-corrected chi connectivity index (χ4v) is 2.34. The van der Waals surface area contributed by atoms with Crippen LogP contribution in [0.2, 0.25) is 0 Å². The van der Waals surface area contributed by atoms with E-state index in [1.54, 1.807) is 31.4 Å². The van der Waals surface area contributed by atoms with Gasteiger partial charge in [0, 0.05) is 5.56 Å². The maximum absolute atomic E-state index is 12.1. The smallest absolute Gasteiger partial charge is 0.387 e. The Morgan fingerprint density at radius 3 is 2.64 bits per heavy atom. The van der Waals surface area contributed by atoms with Crippen LogP contribution < -0.4 is 9.47 Å². The van der Waals surface area contributed by atoms with Gasteiger partial charge in [-0.3, -0.25) is 4.79 Å². The van der Waals surface area contributed by atoms with Gasteiger partial charge in [-0.25, -0.2) is 0 Å². The first-order valence-corrected chi connectivity index (χ1v) is 8.20. The van der Waals surface area contributed by atoms with E-state index in [-0.39, 0.29) is 24.7 Å². The number of carbonyl (C=O) groups excluding carboxylic acids is 1. The Morgan fingerprint density at radius 1 is 1.14 bits per heavy atom. The number of esters is 1. The van der Waals surface area contributed by atoms with Crippen molar-refractivity contribution in [2.24, 2.45) is 0 Å². The van der Waals surface area contributed by atoms with Crippen molar-refractivity contribution in [1.29, 1.82) is 0 Å². The minimum atomic E-state index is -2.90. The number of nitrogens with zero attached hydrogens (tertiary/aromatic N) is 2. The lowest BCUT2D eigenvalue weighted by atomic mass is 10.1. The van der Waals surface area contributed by atoms with Crippen LogP contribution in [0.1, 0.15) is 11.5 Å². The molecular formula is C19H16F2N2O5. The van der Waals surface area contributed by atoms with Crippen LogP contribution in [0.25, 0.3) is 11.4 Å². The van der Waals surface area contributed by atoms with E-state index < -0.39 is 12.6 Å². The van der Waals surface area contributed by atoms with Gasteiger partial charge in [-0.15, -0.1) is 0 Å². The molecule has 1 heterocycles. The summed E-state index contributed by atoms with van der Waals surface area (Å²) in [7, 11) is 1.56. The molecular weight excluding hydrogens is 374 g/mol. The van der Waals surface area contributed by atoms with Crippen LogP contribution in [0, 0.1) is 0 Å². The Labute approximate surface area is 158 Å². The molecule has 3 rings (SSSR count). The van der Waals surface area contributed by atoms with E-state index in [0.29, 0.717) is 22.7 Å². The molecule has 2 aromatic carbocycles. The number of methoxy groups -OCH3 is 1. The molecule has 0 spiro atoms. The van der Waals surface area contributed by atoms with Crippen LogP contribution >= 0.6 is 0 Å². The van der Waals surface area contributed by atoms with Gasteiger partial charge >= 0.3 is 12.6 Å². The zero-order chi connectivity index (χ0) is 19.9. The van der Waals surface area contributed by atoms with Gasteiger partial charge in [0.05, 0.1) is 13.5 Å². The van der Waals surface area contributed by atoms with Gasteiger partial charge in [-0.2, -0.15) is 13.8 Å². The highest BCUT2D eigenvalue weighted by Crippen LogP contribution is 2.21. The normalized spacial score (nSPS) is 10.7. The first kappa shape index (κ1) is 19.3. The number of hydrogen-bond donors (Lipinski definition) is 0. The van der Waals surface area contributed by atoms with Crippen LogP contribution in [-0.4, -0.2) is 29.8 Å². The first-order chi connectivity index (χ1) is 13.5. The zero-order valence-corrected chi connectivity index (χ0v) is 14.8. The third kappa shape index (κ3) is 5.26. The summed E-state index contributed by atoms with van der Waals surface area (Å²) in [6, 6.07) is 12.9. The SMILES string of the molecule is COc1cccc(-c2noc(COC(=O)Cc3ccc(OC(F)F)cc3)n2)c1. The summed E-state index contributed by atoms with van der Waals surface area (Å²) in [5.41, 5.74) is 1.29. The Hall–Kier alpha value is -3.49. The quantitative estimate of drug-likeness (QED) is 0.543. The van der Waals surface area contributed by atoms with Gasteiger partial charge in [0.1, 0.15) is 11.5 Å². The van der Waals surface area contributed by atoms with E-state index in [1.807, 2.05) is 0 Å². The monoisotopic (exact) mass is 390 g/mol. The van der Waals surface area contributed by atoms with Crippen LogP contribution in [0.4, 0.5) is 8.78 Å². The molecule has 0 aliphatic carbocycles. The zero-order valence-electron chi connectivity index (χ0n) is 14.8. The van der Waals surface area contributed by atoms with Gasteiger partial charge in [0.25, 0.3) is 5.89 Å². The van der Waals surface area contributed by atoms with Crippen LogP contribution in [-0.2, 0) is 22.6 Å². The fraction of sp³-hybridized carbons (Fsp3) is 0.211. The number of ether oxygens (including phenoxy) is 3. The Kier molecular flexibility index (Phi) is 6.15. The van der Waals surface area contributed by atoms with Crippen molar-refractivity contribution in [2.75, 3.05) is 7.11 Å². The predicted octanol–water partition coefficient (Wildman–Crippen LogP) is 3.63. The largest absolute Gasteiger partial charge is 0.497 e. The van der Waals surface area contributed by atoms with Gasteiger partial charge in [0.2, 0.25) is 5.82 Å². The maximum Gasteiger partial charge on any atom is 0.387 e. The van der Waals surface area contributed by atoms with Gasteiger partial charge in [-0.1, -0.05) is 29.4 Å². The van der Waals surface area contributed by atoms with Crippen LogP contribution in [0.15, 0.2) is 53.1 Å². The lowest BCUT2D eigenvalue weighted by molar-refractivity contribution is -0.144. The van der Waals surface area contributed by atoms with Gasteiger partial charge in [-0.05, 0) is 29.8 Å². The minimum absolute atomic E-state index is 0.0167. The molecule has 0 aliphatic rings. The fourth-order valence-electron chi connectivity index (χ4n) is 2.34. The van der Waals surface area contributed by atoms with Crippen LogP contribution in [0.5, 0.6) is 11.5 Å². The lowest BCUT2D eigenvalue weighted by Gasteiger charge is -2.05. The van der Waals surface area contributed by atoms with Gasteiger partial charge in [0.15, 0.2) is 6.61 Å². The summed E-state index contributed by atoms with van der Waals surface area (Å²) in [5, 5.41) is 3.85. The van der Waals surface area contributed by atoms with Crippen molar-refractivity contribution >= 4 is 5.97 Å². The number of carbonyl (C=O) groups is 1. The molecule has 3 aromatic rings. The molecule has 0 amide bonds. The second kappa shape index (κ2) is 8.94. The van der Waals surface area contributed by atoms with Crippen molar-refractivity contribution in [1.82, 2.24) is 10.1 Å². The molecule has 0 bridgehead atoms. The number of halogens is 2. The molecule has 0 atom stereocenters. The molecule has 0 aliphatic heterocycles. The van der Waals surface area contributed by atoms with E-state index >= 15 is 0 Å². The molecule has 1 aromatic heterocycles. The highest BCUT2D eigenvalue weighted by atomic mass is 19.3. The summed E-state index contributed by atoms with van der Waals surface area (Å²) in [5.74, 6) is 0.637. The molecule has 9 heteroatoms. The Balaban J connectivity index is 1.53. The summed E-state index contributed by atoms with van der Waals surface area (Å²) in [6.07, 6.45) is -0.0359. The molecule has 0 radical (unpaired) electrons. The number of aromatic nitrogens is 2. The van der Waals surface area contributed by atoms with Crippen molar-refractivity contribution in [3.8, 4) is 22.9 Å². The molecule has 0 saturated carbocycles. The molecule has 0 unspecified atom stereocenters. The number of benzene rings is 2. The topological polar surface area (TPSA) is 83.7 Å². The van der Waals surface area contributed by atoms with Crippen LogP contribution in [0.3, 0.4) is 0 Å². The second-order valence-electron chi connectivity index (χ2n) is 5.60. The van der Waals surface area contributed by atoms with E-state index in [4.69, 9.17) is 14.0 Å². The van der Waals surface area contributed by atoms with Crippen molar-refractivity contribution in [2.45, 2.75) is 19.6 Å². The van der Waals surface area contributed by atoms with Crippen molar-refractivity contribution in [3.05, 3.63) is 60.0 Å². The average molecular weight is 390 g/mol. The molecule has 7 nitrogen and oxygen atoms in total. The first-order valence-electron chi connectivity index (χ1n) is 8.20. The summed E-state index contributed by atoms with van der Waals surface area (Å²) >= 11 is 0. The van der Waals surface area contributed by atoms with E-state index in [2.05, 4.69) is 14.9 Å². The number of rotatable bonds is 8. The predicted molar refractivity (Wildman–Crippen MR) is 92.9 cm³/mol. The molecule has 146 valence electrons. The number of alkyl halides is 2. The lowest BCUT2D eigenvalue weighted by Crippen LogP contribution is -2.08. The third-order valence-electron chi connectivity index (χ3n) is 3.65. The maximum atomic E-state index is 12.1. The highest BCUT2D eigenvalue weighted by Gasteiger charge is 2.12. The molecule has 0 fully saturated rings. The molecule has 0 saturated heterocycles. The standard InChI is InChI=1S/C19H16F2N2O5/c1-25-15-4-2-3-13(10-15)18-22-16(28-23-18)11-26-17(24)9-12-5-7-14(8-6-12)27-19(20)21/h2-8,10,19H,9,11H2,1H3. The minimum Gasteiger partial charge on any atom is -0.497 e. The van der Waals surface area contributed by atoms with E-state index in [9.17, 15) is 13.6 Å². The molecule has 0 N–H and O–H groups in total. The van der Waals surface area contributed by atoms with Crippen molar-refractivity contribution < 1.29 is 32.3 Å². The van der Waals surface area contributed by atoms with Gasteiger partial charge < -0.3 is 18.7 Å². The summed E-state index contributed by atoms with van der Waals surface area (Å²) in [6.45, 7) is -3.07. The Morgan fingerprint density at radius 2 is 1.93 bits per heavy atom. The van der Waals surface area contributed by atoms with E-state index in [1.165, 1.54) is 24.3 Å². The third-order valence-corrected chi connectivity index (χ3v) is 3.65. The summed E-state index contributed by atoms with van der Waals surface area (Å²) < 4.78 is 43.8. The van der Waals surface area contributed by atoms with Crippen molar-refractivity contribution in [3.63, 3.8) is 0 Å². The van der Waals surface area contributed by atoms with E-state index in [0.717, 1.165) is 0 Å². The Bertz CT molecular complexity index is 928. The summed E-state index contributed by atoms with van der Waals surface area (Å²) in [4.78, 5) is 16.1. The molecule has 28 heavy (non-hydrogen) atoms. The number of hydrogen-bond acceptors (Lipinski definition) is 7. The second-order valence-corrected chi connectivity index (χ2v) is 5.60. The highest BCUT2D eigenvalue weighted by molar-refractivity contribution is 5.72.